The summed E-state index contributed by atoms with van der Waals surface area (Å²) in [5.41, 5.74) is 1.09. The van der Waals surface area contributed by atoms with Gasteiger partial charge in [0.2, 0.25) is 15.9 Å². The van der Waals surface area contributed by atoms with Gasteiger partial charge in [-0.2, -0.15) is 9.57 Å². The highest BCUT2D eigenvalue weighted by Crippen LogP contribution is 2.10. The normalized spacial score (nSPS) is 11.4. The van der Waals surface area contributed by atoms with Gasteiger partial charge >= 0.3 is 0 Å². The van der Waals surface area contributed by atoms with E-state index in [0.717, 1.165) is 6.26 Å². The summed E-state index contributed by atoms with van der Waals surface area (Å²) in [5, 5.41) is 11.4. The molecule has 0 fully saturated rings. The Hall–Kier alpha value is -1.91. The van der Waals surface area contributed by atoms with Crippen LogP contribution in [0.15, 0.2) is 24.3 Å². The summed E-state index contributed by atoms with van der Waals surface area (Å²) in [6.07, 6.45) is 1.21. The number of anilines is 1. The highest BCUT2D eigenvalue weighted by molar-refractivity contribution is 7.88. The fraction of sp³-hybridized carbons (Fsp3) is 0.429. The SMILES string of the molecule is CC(C)N(CCC(=O)Nc1ccc(C#N)cc1)S(C)(=O)=O. The van der Waals surface area contributed by atoms with Crippen molar-refractivity contribution in [3.05, 3.63) is 29.8 Å². The zero-order valence-electron chi connectivity index (χ0n) is 12.3. The number of nitriles is 1. The molecular weight excluding hydrogens is 290 g/mol. The molecule has 0 unspecified atom stereocenters. The van der Waals surface area contributed by atoms with Crippen molar-refractivity contribution in [3.63, 3.8) is 0 Å². The molecule has 0 aliphatic carbocycles. The lowest BCUT2D eigenvalue weighted by Crippen LogP contribution is -2.38. The number of sulfonamides is 1. The molecule has 0 radical (unpaired) electrons. The summed E-state index contributed by atoms with van der Waals surface area (Å²) in [7, 11) is -3.32. The van der Waals surface area contributed by atoms with E-state index in [9.17, 15) is 13.2 Å². The molecule has 1 aromatic rings. The molecule has 0 atom stereocenters. The van der Waals surface area contributed by atoms with E-state index in [1.54, 1.807) is 38.1 Å². The summed E-state index contributed by atoms with van der Waals surface area (Å²) >= 11 is 0. The fourth-order valence-corrected chi connectivity index (χ4v) is 3.06. The van der Waals surface area contributed by atoms with Gasteiger partial charge in [-0.3, -0.25) is 4.79 Å². The lowest BCUT2D eigenvalue weighted by atomic mass is 10.2. The number of nitrogens with one attached hydrogen (secondary N) is 1. The number of amides is 1. The second kappa shape index (κ2) is 7.20. The van der Waals surface area contributed by atoms with Gasteiger partial charge in [-0.25, -0.2) is 8.42 Å². The zero-order chi connectivity index (χ0) is 16.0. The number of hydrogen-bond donors (Lipinski definition) is 1. The first kappa shape index (κ1) is 17.1. The molecule has 1 rings (SSSR count). The highest BCUT2D eigenvalue weighted by atomic mass is 32.2. The van der Waals surface area contributed by atoms with Crippen molar-refractivity contribution in [1.82, 2.24) is 4.31 Å². The molecule has 1 aromatic carbocycles. The van der Waals surface area contributed by atoms with E-state index in [2.05, 4.69) is 5.32 Å². The molecule has 0 aromatic heterocycles. The van der Waals surface area contributed by atoms with Gasteiger partial charge in [-0.15, -0.1) is 0 Å². The Bertz CT molecular complexity index is 630. The molecule has 0 heterocycles. The largest absolute Gasteiger partial charge is 0.326 e. The van der Waals surface area contributed by atoms with Crippen LogP contribution in [0.1, 0.15) is 25.8 Å². The van der Waals surface area contributed by atoms with Crippen molar-refractivity contribution < 1.29 is 13.2 Å². The Morgan fingerprint density at radius 3 is 2.33 bits per heavy atom. The molecule has 6 nitrogen and oxygen atoms in total. The maximum Gasteiger partial charge on any atom is 0.225 e. The first-order chi connectivity index (χ1) is 9.74. The van der Waals surface area contributed by atoms with Crippen molar-refractivity contribution in [2.45, 2.75) is 26.3 Å². The van der Waals surface area contributed by atoms with Crippen LogP contribution in [0.4, 0.5) is 5.69 Å². The molecule has 0 saturated carbocycles. The fourth-order valence-electron chi connectivity index (χ4n) is 1.87. The quantitative estimate of drug-likeness (QED) is 0.863. The van der Waals surface area contributed by atoms with Crippen LogP contribution >= 0.6 is 0 Å². The predicted molar refractivity (Wildman–Crippen MR) is 81.1 cm³/mol. The molecule has 0 bridgehead atoms. The van der Waals surface area contributed by atoms with Crippen LogP contribution in [0.2, 0.25) is 0 Å². The van der Waals surface area contributed by atoms with E-state index in [1.165, 1.54) is 4.31 Å². The molecule has 0 aliphatic rings. The molecule has 1 amide bonds. The predicted octanol–water partition coefficient (Wildman–Crippen LogP) is 1.56. The van der Waals surface area contributed by atoms with Gasteiger partial charge in [-0.1, -0.05) is 0 Å². The maximum atomic E-state index is 11.8. The first-order valence-electron chi connectivity index (χ1n) is 6.51. The van der Waals surface area contributed by atoms with Crippen LogP contribution in [0.5, 0.6) is 0 Å². The second-order valence-electron chi connectivity index (χ2n) is 4.95. The number of carbonyl (C=O) groups is 1. The average Bonchev–Trinajstić information content (AvgIpc) is 2.37. The van der Waals surface area contributed by atoms with E-state index in [1.807, 2.05) is 6.07 Å². The Morgan fingerprint density at radius 2 is 1.90 bits per heavy atom. The number of benzene rings is 1. The number of rotatable bonds is 6. The van der Waals surface area contributed by atoms with Crippen LogP contribution in [-0.2, 0) is 14.8 Å². The van der Waals surface area contributed by atoms with Crippen molar-refractivity contribution in [1.29, 1.82) is 5.26 Å². The number of nitrogens with zero attached hydrogens (tertiary/aromatic N) is 2. The van der Waals surface area contributed by atoms with Gasteiger partial charge in [0.15, 0.2) is 0 Å². The van der Waals surface area contributed by atoms with Crippen LogP contribution in [0.25, 0.3) is 0 Å². The molecule has 0 aliphatic heterocycles. The van der Waals surface area contributed by atoms with Gasteiger partial charge in [0.05, 0.1) is 17.9 Å². The van der Waals surface area contributed by atoms with Gasteiger partial charge in [0.25, 0.3) is 0 Å². The monoisotopic (exact) mass is 309 g/mol. The van der Waals surface area contributed by atoms with Gasteiger partial charge < -0.3 is 5.32 Å². The second-order valence-corrected chi connectivity index (χ2v) is 6.89. The lowest BCUT2D eigenvalue weighted by molar-refractivity contribution is -0.116. The van der Waals surface area contributed by atoms with E-state index < -0.39 is 10.0 Å². The summed E-state index contributed by atoms with van der Waals surface area (Å²) in [6.45, 7) is 3.66. The minimum Gasteiger partial charge on any atom is -0.326 e. The molecule has 7 heteroatoms. The van der Waals surface area contributed by atoms with E-state index >= 15 is 0 Å². The smallest absolute Gasteiger partial charge is 0.225 e. The summed E-state index contributed by atoms with van der Waals surface area (Å²) in [5.74, 6) is -0.269. The van der Waals surface area contributed by atoms with Crippen LogP contribution in [0, 0.1) is 11.3 Å². The van der Waals surface area contributed by atoms with Gasteiger partial charge in [-0.05, 0) is 38.1 Å². The Morgan fingerprint density at radius 1 is 1.33 bits per heavy atom. The molecular formula is C14H19N3O3S. The van der Waals surface area contributed by atoms with Crippen molar-refractivity contribution in [3.8, 4) is 6.07 Å². The Labute approximate surface area is 125 Å². The third kappa shape index (κ3) is 5.53. The number of hydrogen-bond acceptors (Lipinski definition) is 4. The summed E-state index contributed by atoms with van der Waals surface area (Å²) in [6, 6.07) is 8.27. The highest BCUT2D eigenvalue weighted by Gasteiger charge is 2.20. The minimum absolute atomic E-state index is 0.0747. The van der Waals surface area contributed by atoms with Crippen molar-refractivity contribution in [2.75, 3.05) is 18.1 Å². The molecule has 114 valence electrons. The molecule has 1 N–H and O–H groups in total. The number of carbonyl (C=O) groups excluding carboxylic acids is 1. The topological polar surface area (TPSA) is 90.3 Å². The average molecular weight is 309 g/mol. The Balaban J connectivity index is 2.59. The third-order valence-electron chi connectivity index (χ3n) is 2.86. The van der Waals surface area contributed by atoms with Crippen LogP contribution in [-0.4, -0.2) is 37.5 Å². The van der Waals surface area contributed by atoms with E-state index in [-0.39, 0.29) is 24.9 Å². The molecule has 0 spiro atoms. The Kier molecular flexibility index (Phi) is 5.88. The van der Waals surface area contributed by atoms with Gasteiger partial charge in [0, 0.05) is 24.7 Å². The summed E-state index contributed by atoms with van der Waals surface area (Å²) < 4.78 is 24.4. The zero-order valence-corrected chi connectivity index (χ0v) is 13.1. The van der Waals surface area contributed by atoms with Crippen molar-refractivity contribution in [2.24, 2.45) is 0 Å². The van der Waals surface area contributed by atoms with Crippen LogP contribution < -0.4 is 5.32 Å². The summed E-state index contributed by atoms with van der Waals surface area (Å²) in [4.78, 5) is 11.8. The minimum atomic E-state index is -3.32. The van der Waals surface area contributed by atoms with Crippen LogP contribution in [0.3, 0.4) is 0 Å². The van der Waals surface area contributed by atoms with E-state index in [0.29, 0.717) is 11.3 Å². The van der Waals surface area contributed by atoms with Gasteiger partial charge in [0.1, 0.15) is 0 Å². The van der Waals surface area contributed by atoms with Crippen molar-refractivity contribution >= 4 is 21.6 Å². The maximum absolute atomic E-state index is 11.8. The standard InChI is InChI=1S/C14H19N3O3S/c1-11(2)17(21(3,19)20)9-8-14(18)16-13-6-4-12(10-15)5-7-13/h4-7,11H,8-9H2,1-3H3,(H,16,18). The van der Waals surface area contributed by atoms with E-state index in [4.69, 9.17) is 5.26 Å². The lowest BCUT2D eigenvalue weighted by Gasteiger charge is -2.23. The molecule has 0 saturated heterocycles. The first-order valence-corrected chi connectivity index (χ1v) is 8.35. The third-order valence-corrected chi connectivity index (χ3v) is 4.32. The molecule has 21 heavy (non-hydrogen) atoms.